The zero-order valence-electron chi connectivity index (χ0n) is 11.1. The Morgan fingerprint density at radius 2 is 2.11 bits per heavy atom. The van der Waals surface area contributed by atoms with Crippen LogP contribution in [0.1, 0.15) is 20.8 Å². The van der Waals surface area contributed by atoms with Gasteiger partial charge in [0.25, 0.3) is 0 Å². The molecule has 1 saturated heterocycles. The molecule has 2 heterocycles. The quantitative estimate of drug-likeness (QED) is 0.574. The highest BCUT2D eigenvalue weighted by Gasteiger charge is 2.54. The van der Waals surface area contributed by atoms with E-state index < -0.39 is 29.2 Å². The molecule has 19 heavy (non-hydrogen) atoms. The topological polar surface area (TPSA) is 77.5 Å². The third-order valence-electron chi connectivity index (χ3n) is 3.54. The maximum atomic E-state index is 10.7. The first-order valence-electron chi connectivity index (χ1n) is 5.97. The van der Waals surface area contributed by atoms with Gasteiger partial charge in [-0.25, -0.2) is 13.1 Å². The Hall–Kier alpha value is -0.955. The monoisotopic (exact) mass is 284 g/mol. The summed E-state index contributed by atoms with van der Waals surface area (Å²) in [5.41, 5.74) is -0.555. The van der Waals surface area contributed by atoms with Gasteiger partial charge in [-0.15, -0.1) is 0 Å². The first kappa shape index (κ1) is 14.5. The molecule has 0 radical (unpaired) electrons. The van der Waals surface area contributed by atoms with Gasteiger partial charge in [0.2, 0.25) is 10.9 Å². The minimum Gasteiger partial charge on any atom is -0.399 e. The highest BCUT2D eigenvalue weighted by atomic mass is 32.2. The average Bonchev–Trinajstić information content (AvgIpc) is 2.60. The molecule has 6 nitrogen and oxygen atoms in total. The lowest BCUT2D eigenvalue weighted by molar-refractivity contribution is -0.00433. The summed E-state index contributed by atoms with van der Waals surface area (Å²) in [5, 5.41) is 0. The number of thiol groups is 1. The molecular formula is C11H17BN2O4S. The van der Waals surface area contributed by atoms with Gasteiger partial charge >= 0.3 is 7.12 Å². The van der Waals surface area contributed by atoms with Gasteiger partial charge in [-0.05, 0) is 26.8 Å². The molecule has 1 aliphatic rings. The van der Waals surface area contributed by atoms with E-state index in [4.69, 9.17) is 9.31 Å². The van der Waals surface area contributed by atoms with Crippen molar-refractivity contribution in [2.45, 2.75) is 32.0 Å². The molecule has 0 aromatic carbocycles. The average molecular weight is 284 g/mol. The molecule has 0 bridgehead atoms. The van der Waals surface area contributed by atoms with E-state index in [0.29, 0.717) is 0 Å². The molecule has 104 valence electrons. The van der Waals surface area contributed by atoms with Crippen LogP contribution in [0.2, 0.25) is 0 Å². The van der Waals surface area contributed by atoms with Crippen LogP contribution in [0.15, 0.2) is 24.5 Å². The first-order valence-corrected chi connectivity index (χ1v) is 7.15. The van der Waals surface area contributed by atoms with Gasteiger partial charge in [-0.3, -0.25) is 4.98 Å². The number of aromatic nitrogens is 1. The first-order chi connectivity index (χ1) is 8.84. The Balaban J connectivity index is 2.18. The van der Waals surface area contributed by atoms with Crippen molar-refractivity contribution < 1.29 is 17.7 Å². The molecule has 2 rings (SSSR count). The molecule has 1 fully saturated rings. The zero-order chi connectivity index (χ0) is 14.1. The van der Waals surface area contributed by atoms with Gasteiger partial charge in [0.05, 0.1) is 11.2 Å². The van der Waals surface area contributed by atoms with E-state index in [2.05, 4.69) is 9.71 Å². The predicted molar refractivity (Wildman–Crippen MR) is 72.6 cm³/mol. The Bertz CT molecular complexity index is 515. The van der Waals surface area contributed by atoms with Crippen LogP contribution in [-0.4, -0.2) is 38.3 Å². The summed E-state index contributed by atoms with van der Waals surface area (Å²) < 4.78 is 35.5. The predicted octanol–water partition coefficient (Wildman–Crippen LogP) is -0.523. The zero-order valence-corrected chi connectivity index (χ0v) is 12.0. The molecule has 1 aromatic heterocycles. The van der Waals surface area contributed by atoms with Gasteiger partial charge in [-0.2, -0.15) is 0 Å². The van der Waals surface area contributed by atoms with Crippen molar-refractivity contribution in [2.24, 2.45) is 0 Å². The summed E-state index contributed by atoms with van der Waals surface area (Å²) in [6.45, 7) is 5.75. The fraction of sp³-hybridized carbons (Fsp3) is 0.545. The number of hydrogen-bond donors (Lipinski definition) is 2. The second-order valence-corrected chi connectivity index (χ2v) is 6.02. The molecule has 0 saturated carbocycles. The van der Waals surface area contributed by atoms with E-state index >= 15 is 0 Å². The number of pyridine rings is 1. The Labute approximate surface area is 114 Å². The van der Waals surface area contributed by atoms with Crippen LogP contribution in [0.4, 0.5) is 0 Å². The van der Waals surface area contributed by atoms with E-state index in [1.807, 2.05) is 26.8 Å². The smallest absolute Gasteiger partial charge is 0.399 e. The maximum absolute atomic E-state index is 10.7. The van der Waals surface area contributed by atoms with Crippen LogP contribution in [0.5, 0.6) is 0 Å². The van der Waals surface area contributed by atoms with Crippen molar-refractivity contribution in [3.8, 4) is 0 Å². The lowest BCUT2D eigenvalue weighted by Gasteiger charge is -2.35. The third-order valence-corrected chi connectivity index (χ3v) is 3.96. The van der Waals surface area contributed by atoms with Crippen molar-refractivity contribution in [1.82, 2.24) is 9.71 Å². The minimum atomic E-state index is -2.66. The summed E-state index contributed by atoms with van der Waals surface area (Å²) in [6.07, 6.45) is 3.35. The third kappa shape index (κ3) is 2.97. The number of nitrogens with one attached hydrogen (secondary N) is 1. The summed E-state index contributed by atoms with van der Waals surface area (Å²) in [7, 11) is -3.20. The highest BCUT2D eigenvalue weighted by molar-refractivity contribution is 7.70. The SMILES string of the molecule is CC1(C)OB(c2cccnc2)OC1(C)CN[SH](=O)=O. The largest absolute Gasteiger partial charge is 0.496 e. The van der Waals surface area contributed by atoms with Crippen LogP contribution in [0.25, 0.3) is 0 Å². The standard InChI is InChI=1S/C11H17BN2O4S/c1-10(2)11(3,8-14-19(15)16)18-12(17-10)9-5-4-6-13-7-9/h4-7,19H,8H2,1-3H3,(H,14,15,16). The van der Waals surface area contributed by atoms with Crippen LogP contribution in [0.3, 0.4) is 0 Å². The molecule has 1 aliphatic heterocycles. The fourth-order valence-corrected chi connectivity index (χ4v) is 2.35. The number of nitrogens with zero attached hydrogens (tertiary/aromatic N) is 1. The van der Waals surface area contributed by atoms with E-state index in [1.165, 1.54) is 0 Å². The maximum Gasteiger partial charge on any atom is 0.496 e. The second kappa shape index (κ2) is 5.20. The number of hydrogen-bond acceptors (Lipinski definition) is 5. The van der Waals surface area contributed by atoms with E-state index in [-0.39, 0.29) is 6.54 Å². The molecule has 0 amide bonds. The van der Waals surface area contributed by atoms with Gasteiger partial charge < -0.3 is 9.31 Å². The van der Waals surface area contributed by atoms with E-state index in [0.717, 1.165) is 5.46 Å². The van der Waals surface area contributed by atoms with Crippen molar-refractivity contribution in [1.29, 1.82) is 0 Å². The van der Waals surface area contributed by atoms with Crippen LogP contribution >= 0.6 is 0 Å². The lowest BCUT2D eigenvalue weighted by Crippen LogP contribution is -2.51. The summed E-state index contributed by atoms with van der Waals surface area (Å²) in [4.78, 5) is 4.03. The Morgan fingerprint density at radius 3 is 2.68 bits per heavy atom. The van der Waals surface area contributed by atoms with Crippen molar-refractivity contribution in [3.05, 3.63) is 24.5 Å². The normalized spacial score (nSPS) is 26.0. The van der Waals surface area contributed by atoms with Gasteiger partial charge in [0.1, 0.15) is 0 Å². The van der Waals surface area contributed by atoms with Crippen molar-refractivity contribution in [2.75, 3.05) is 6.54 Å². The molecular weight excluding hydrogens is 267 g/mol. The van der Waals surface area contributed by atoms with Gasteiger partial charge in [0, 0.05) is 24.4 Å². The molecule has 1 unspecified atom stereocenters. The van der Waals surface area contributed by atoms with Gasteiger partial charge in [0.15, 0.2) is 0 Å². The molecule has 8 heteroatoms. The van der Waals surface area contributed by atoms with Crippen molar-refractivity contribution >= 4 is 23.5 Å². The molecule has 1 atom stereocenters. The van der Waals surface area contributed by atoms with Crippen molar-refractivity contribution in [3.63, 3.8) is 0 Å². The summed E-state index contributed by atoms with van der Waals surface area (Å²) in [5.74, 6) is 0. The highest BCUT2D eigenvalue weighted by Crippen LogP contribution is 2.36. The molecule has 1 N–H and O–H groups in total. The molecule has 0 aliphatic carbocycles. The van der Waals surface area contributed by atoms with Crippen LogP contribution in [-0.2, 0) is 20.2 Å². The van der Waals surface area contributed by atoms with Crippen LogP contribution < -0.4 is 10.2 Å². The molecule has 0 spiro atoms. The Kier molecular flexibility index (Phi) is 3.96. The fourth-order valence-electron chi connectivity index (χ4n) is 1.92. The van der Waals surface area contributed by atoms with Crippen LogP contribution in [0, 0.1) is 0 Å². The second-order valence-electron chi connectivity index (χ2n) is 5.19. The summed E-state index contributed by atoms with van der Waals surface area (Å²) in [6, 6.07) is 3.67. The number of rotatable bonds is 4. The van der Waals surface area contributed by atoms with Gasteiger partial charge in [-0.1, -0.05) is 6.07 Å². The lowest BCUT2D eigenvalue weighted by atomic mass is 9.80. The summed E-state index contributed by atoms with van der Waals surface area (Å²) >= 11 is 0. The molecule has 1 aromatic rings. The van der Waals surface area contributed by atoms with E-state index in [1.54, 1.807) is 18.5 Å². The Morgan fingerprint density at radius 1 is 1.37 bits per heavy atom. The van der Waals surface area contributed by atoms with E-state index in [9.17, 15) is 8.42 Å². The minimum absolute atomic E-state index is 0.162.